The maximum absolute atomic E-state index is 9.56. The Morgan fingerprint density at radius 3 is 2.61 bits per heavy atom. The van der Waals surface area contributed by atoms with Crippen molar-refractivity contribution < 1.29 is 5.11 Å². The summed E-state index contributed by atoms with van der Waals surface area (Å²) in [6, 6.07) is 16.8. The molecule has 3 aromatic rings. The summed E-state index contributed by atoms with van der Waals surface area (Å²) in [7, 11) is 0. The average Bonchev–Trinajstić information content (AvgIpc) is 2.37. The van der Waals surface area contributed by atoms with Gasteiger partial charge in [0.1, 0.15) is 5.75 Å². The first kappa shape index (κ1) is 11.1. The molecule has 0 atom stereocenters. The van der Waals surface area contributed by atoms with Crippen LogP contribution in [-0.2, 0) is 0 Å². The molecule has 0 aliphatic rings. The molecule has 0 saturated carbocycles. The Hall–Kier alpha value is -2.06. The van der Waals surface area contributed by atoms with Crippen LogP contribution in [0.15, 0.2) is 54.6 Å². The highest BCUT2D eigenvalue weighted by atomic mass is 35.5. The van der Waals surface area contributed by atoms with E-state index < -0.39 is 0 Å². The summed E-state index contributed by atoms with van der Waals surface area (Å²) in [5, 5.41) is 11.1. The molecule has 0 saturated heterocycles. The lowest BCUT2D eigenvalue weighted by molar-refractivity contribution is 0.475. The molecule has 1 aromatic heterocycles. The number of nitrogens with zero attached hydrogens (tertiary/aromatic N) is 1. The van der Waals surface area contributed by atoms with Crippen molar-refractivity contribution in [3.63, 3.8) is 0 Å². The van der Waals surface area contributed by atoms with Gasteiger partial charge in [-0.05, 0) is 30.3 Å². The van der Waals surface area contributed by atoms with E-state index in [0.29, 0.717) is 5.02 Å². The van der Waals surface area contributed by atoms with Gasteiger partial charge in [0.05, 0.1) is 11.2 Å². The van der Waals surface area contributed by atoms with E-state index in [1.165, 1.54) is 6.07 Å². The summed E-state index contributed by atoms with van der Waals surface area (Å²) in [5.74, 6) is 0.146. The molecule has 0 aliphatic heterocycles. The quantitative estimate of drug-likeness (QED) is 0.705. The molecule has 1 N–H and O–H groups in total. The number of rotatable bonds is 1. The number of benzene rings is 2. The normalized spacial score (nSPS) is 10.7. The number of halogens is 1. The molecule has 1 heterocycles. The molecule has 0 fully saturated rings. The minimum absolute atomic E-state index is 0.146. The second-order valence-electron chi connectivity index (χ2n) is 4.09. The number of aromatic hydroxyl groups is 1. The topological polar surface area (TPSA) is 33.1 Å². The number of phenolic OH excluding ortho intramolecular Hbond substituents is 1. The van der Waals surface area contributed by atoms with Crippen LogP contribution < -0.4 is 0 Å². The predicted molar refractivity (Wildman–Crippen MR) is 73.9 cm³/mol. The molecule has 0 aliphatic carbocycles. The maximum atomic E-state index is 9.56. The van der Waals surface area contributed by atoms with Crippen LogP contribution in [0.4, 0.5) is 0 Å². The Morgan fingerprint density at radius 1 is 0.944 bits per heavy atom. The van der Waals surface area contributed by atoms with Gasteiger partial charge in [0.25, 0.3) is 0 Å². The van der Waals surface area contributed by atoms with Crippen molar-refractivity contribution in [2.75, 3.05) is 0 Å². The van der Waals surface area contributed by atoms with E-state index in [1.807, 2.05) is 36.4 Å². The molecule has 3 rings (SSSR count). The Kier molecular flexibility index (Phi) is 2.65. The van der Waals surface area contributed by atoms with Crippen molar-refractivity contribution in [3.8, 4) is 17.0 Å². The SMILES string of the molecule is Oc1cc(Cl)cc(-c2ccc3ccccc3n2)c1. The van der Waals surface area contributed by atoms with E-state index >= 15 is 0 Å². The molecule has 3 heteroatoms. The molecule has 0 amide bonds. The molecular weight excluding hydrogens is 246 g/mol. The number of hydrogen-bond acceptors (Lipinski definition) is 2. The fourth-order valence-corrected chi connectivity index (χ4v) is 2.18. The van der Waals surface area contributed by atoms with E-state index in [2.05, 4.69) is 4.98 Å². The summed E-state index contributed by atoms with van der Waals surface area (Å²) < 4.78 is 0. The lowest BCUT2D eigenvalue weighted by Crippen LogP contribution is -1.85. The van der Waals surface area contributed by atoms with E-state index in [-0.39, 0.29) is 5.75 Å². The van der Waals surface area contributed by atoms with Gasteiger partial charge in [-0.15, -0.1) is 0 Å². The Morgan fingerprint density at radius 2 is 1.78 bits per heavy atom. The van der Waals surface area contributed by atoms with Gasteiger partial charge in [-0.2, -0.15) is 0 Å². The van der Waals surface area contributed by atoms with Crippen molar-refractivity contribution in [2.24, 2.45) is 0 Å². The Bertz CT molecular complexity index is 704. The van der Waals surface area contributed by atoms with Crippen LogP contribution in [0.2, 0.25) is 5.02 Å². The fourth-order valence-electron chi connectivity index (χ4n) is 1.95. The van der Waals surface area contributed by atoms with Crippen molar-refractivity contribution in [1.82, 2.24) is 4.98 Å². The van der Waals surface area contributed by atoms with Crippen LogP contribution in [0.1, 0.15) is 0 Å². The van der Waals surface area contributed by atoms with Crippen LogP contribution in [-0.4, -0.2) is 10.1 Å². The lowest BCUT2D eigenvalue weighted by atomic mass is 10.1. The third kappa shape index (κ3) is 2.03. The molecule has 0 unspecified atom stereocenters. The highest BCUT2D eigenvalue weighted by Gasteiger charge is 2.04. The summed E-state index contributed by atoms with van der Waals surface area (Å²) >= 11 is 5.93. The largest absolute Gasteiger partial charge is 0.508 e. The number of aromatic nitrogens is 1. The molecule has 0 radical (unpaired) electrons. The molecule has 0 spiro atoms. The van der Waals surface area contributed by atoms with Crippen molar-refractivity contribution in [3.05, 3.63) is 59.6 Å². The molecule has 2 nitrogen and oxygen atoms in total. The summed E-state index contributed by atoms with van der Waals surface area (Å²) in [4.78, 5) is 4.56. The van der Waals surface area contributed by atoms with Crippen LogP contribution in [0.25, 0.3) is 22.2 Å². The first-order valence-electron chi connectivity index (χ1n) is 5.58. The minimum Gasteiger partial charge on any atom is -0.508 e. The summed E-state index contributed by atoms with van der Waals surface area (Å²) in [6.07, 6.45) is 0. The molecular formula is C15H10ClNO. The van der Waals surface area contributed by atoms with Gasteiger partial charge < -0.3 is 5.11 Å². The second-order valence-corrected chi connectivity index (χ2v) is 4.52. The minimum atomic E-state index is 0.146. The van der Waals surface area contributed by atoms with Gasteiger partial charge in [0.2, 0.25) is 0 Å². The molecule has 2 aromatic carbocycles. The van der Waals surface area contributed by atoms with Crippen LogP contribution >= 0.6 is 11.6 Å². The molecule has 88 valence electrons. The van der Waals surface area contributed by atoms with E-state index in [9.17, 15) is 5.11 Å². The molecule has 18 heavy (non-hydrogen) atoms. The van der Waals surface area contributed by atoms with E-state index in [1.54, 1.807) is 12.1 Å². The van der Waals surface area contributed by atoms with Gasteiger partial charge in [0, 0.05) is 16.0 Å². The standard InChI is InChI=1S/C15H10ClNO/c16-12-7-11(8-13(18)9-12)15-6-5-10-3-1-2-4-14(10)17-15/h1-9,18H. The van der Waals surface area contributed by atoms with Crippen LogP contribution in [0.5, 0.6) is 5.75 Å². The number of hydrogen-bond donors (Lipinski definition) is 1. The average molecular weight is 256 g/mol. The molecule has 0 bridgehead atoms. The van der Waals surface area contributed by atoms with Crippen molar-refractivity contribution in [2.45, 2.75) is 0 Å². The number of phenols is 1. The Balaban J connectivity index is 2.19. The van der Waals surface area contributed by atoms with E-state index in [0.717, 1.165) is 22.2 Å². The fraction of sp³-hybridized carbons (Fsp3) is 0. The van der Waals surface area contributed by atoms with Gasteiger partial charge in [-0.25, -0.2) is 4.98 Å². The third-order valence-electron chi connectivity index (χ3n) is 2.78. The zero-order valence-electron chi connectivity index (χ0n) is 9.47. The number of para-hydroxylation sites is 1. The van der Waals surface area contributed by atoms with Crippen LogP contribution in [0.3, 0.4) is 0 Å². The lowest BCUT2D eigenvalue weighted by Gasteiger charge is -2.04. The summed E-state index contributed by atoms with van der Waals surface area (Å²) in [5.41, 5.74) is 2.53. The maximum Gasteiger partial charge on any atom is 0.117 e. The third-order valence-corrected chi connectivity index (χ3v) is 2.99. The van der Waals surface area contributed by atoms with Crippen molar-refractivity contribution >= 4 is 22.5 Å². The first-order chi connectivity index (χ1) is 8.72. The highest BCUT2D eigenvalue weighted by Crippen LogP contribution is 2.27. The monoisotopic (exact) mass is 255 g/mol. The van der Waals surface area contributed by atoms with Gasteiger partial charge in [-0.1, -0.05) is 35.9 Å². The first-order valence-corrected chi connectivity index (χ1v) is 5.96. The highest BCUT2D eigenvalue weighted by molar-refractivity contribution is 6.31. The van der Waals surface area contributed by atoms with Gasteiger partial charge in [0.15, 0.2) is 0 Å². The van der Waals surface area contributed by atoms with Gasteiger partial charge in [-0.3, -0.25) is 0 Å². The zero-order valence-corrected chi connectivity index (χ0v) is 10.2. The van der Waals surface area contributed by atoms with Gasteiger partial charge >= 0.3 is 0 Å². The van der Waals surface area contributed by atoms with E-state index in [4.69, 9.17) is 11.6 Å². The van der Waals surface area contributed by atoms with Crippen LogP contribution in [0, 0.1) is 0 Å². The zero-order chi connectivity index (χ0) is 12.5. The second kappa shape index (κ2) is 4.31. The number of pyridine rings is 1. The predicted octanol–water partition coefficient (Wildman–Crippen LogP) is 4.26. The number of fused-ring (bicyclic) bond motifs is 1. The Labute approximate surface area is 109 Å². The smallest absolute Gasteiger partial charge is 0.117 e. The summed E-state index contributed by atoms with van der Waals surface area (Å²) in [6.45, 7) is 0. The van der Waals surface area contributed by atoms with Crippen molar-refractivity contribution in [1.29, 1.82) is 0 Å².